The van der Waals surface area contributed by atoms with Crippen LogP contribution in [0.1, 0.15) is 16.8 Å². The Morgan fingerprint density at radius 3 is 2.80 bits per heavy atom. The van der Waals surface area contributed by atoms with Crippen LogP contribution < -0.4 is 15.8 Å². The molecule has 4 N–H and O–H groups in total. The molecule has 20 heavy (non-hydrogen) atoms. The maximum atomic E-state index is 12.1. The minimum Gasteiger partial charge on any atom is -0.496 e. The molecular formula is C13H16N2O5. The molecule has 0 saturated carbocycles. The van der Waals surface area contributed by atoms with Crippen LogP contribution in [0.2, 0.25) is 0 Å². The van der Waals surface area contributed by atoms with Crippen molar-refractivity contribution in [2.75, 3.05) is 25.6 Å². The first kappa shape index (κ1) is 14.3. The molecule has 0 spiro atoms. The van der Waals surface area contributed by atoms with Crippen molar-refractivity contribution in [1.82, 2.24) is 0 Å². The number of carbonyl (C=O) groups excluding carboxylic acids is 1. The van der Waals surface area contributed by atoms with Gasteiger partial charge in [0, 0.05) is 18.4 Å². The lowest BCUT2D eigenvalue weighted by Gasteiger charge is -2.20. The summed E-state index contributed by atoms with van der Waals surface area (Å²) in [6.07, 6.45) is 0.448. The average molecular weight is 280 g/mol. The van der Waals surface area contributed by atoms with Gasteiger partial charge in [-0.2, -0.15) is 0 Å². The van der Waals surface area contributed by atoms with Crippen LogP contribution in [0.4, 0.5) is 5.69 Å². The number of methoxy groups -OCH3 is 1. The molecule has 1 unspecified atom stereocenters. The Bertz CT molecular complexity index is 538. The number of carboxylic acids is 1. The number of hydrogen-bond acceptors (Lipinski definition) is 5. The van der Waals surface area contributed by atoms with E-state index in [2.05, 4.69) is 5.32 Å². The van der Waals surface area contributed by atoms with Crippen molar-refractivity contribution in [2.45, 2.75) is 12.0 Å². The van der Waals surface area contributed by atoms with E-state index in [1.54, 1.807) is 0 Å². The summed E-state index contributed by atoms with van der Waals surface area (Å²) in [5, 5.41) is 11.6. The number of amides is 1. The number of nitrogens with one attached hydrogen (secondary N) is 1. The SMILES string of the molecule is COc1cc(NC(=O)C2(N)CCOC2)ccc1C(=O)O. The van der Waals surface area contributed by atoms with E-state index < -0.39 is 11.5 Å². The van der Waals surface area contributed by atoms with Gasteiger partial charge in [-0.05, 0) is 18.6 Å². The van der Waals surface area contributed by atoms with Gasteiger partial charge in [-0.15, -0.1) is 0 Å². The maximum Gasteiger partial charge on any atom is 0.339 e. The van der Waals surface area contributed by atoms with Crippen LogP contribution in [0.5, 0.6) is 5.75 Å². The third-order valence-corrected chi connectivity index (χ3v) is 3.19. The lowest BCUT2D eigenvalue weighted by molar-refractivity contribution is -0.121. The molecular weight excluding hydrogens is 264 g/mol. The summed E-state index contributed by atoms with van der Waals surface area (Å²) in [6, 6.07) is 4.30. The molecule has 1 aliphatic heterocycles. The van der Waals surface area contributed by atoms with E-state index >= 15 is 0 Å². The van der Waals surface area contributed by atoms with Gasteiger partial charge >= 0.3 is 5.97 Å². The second-order valence-corrected chi connectivity index (χ2v) is 4.63. The van der Waals surface area contributed by atoms with Gasteiger partial charge in [-0.3, -0.25) is 4.79 Å². The predicted molar refractivity (Wildman–Crippen MR) is 70.9 cm³/mol. The second kappa shape index (κ2) is 5.48. The van der Waals surface area contributed by atoms with Crippen LogP contribution >= 0.6 is 0 Å². The van der Waals surface area contributed by atoms with Gasteiger partial charge in [0.05, 0.1) is 13.7 Å². The van der Waals surface area contributed by atoms with E-state index in [0.29, 0.717) is 18.7 Å². The summed E-state index contributed by atoms with van der Waals surface area (Å²) >= 11 is 0. The Balaban J connectivity index is 2.18. The maximum absolute atomic E-state index is 12.1. The number of rotatable bonds is 4. The second-order valence-electron chi connectivity index (χ2n) is 4.63. The molecule has 1 fully saturated rings. The van der Waals surface area contributed by atoms with Crippen LogP contribution in [0.3, 0.4) is 0 Å². The highest BCUT2D eigenvalue weighted by Crippen LogP contribution is 2.25. The Labute approximate surface area is 115 Å². The van der Waals surface area contributed by atoms with Crippen molar-refractivity contribution >= 4 is 17.6 Å². The van der Waals surface area contributed by atoms with E-state index in [9.17, 15) is 9.59 Å². The summed E-state index contributed by atoms with van der Waals surface area (Å²) in [5.41, 5.74) is 5.34. The largest absolute Gasteiger partial charge is 0.496 e. The molecule has 7 nitrogen and oxygen atoms in total. The summed E-state index contributed by atoms with van der Waals surface area (Å²) in [5.74, 6) is -1.29. The quantitative estimate of drug-likeness (QED) is 0.738. The number of nitrogens with two attached hydrogens (primary N) is 1. The first-order valence-corrected chi connectivity index (χ1v) is 6.06. The molecule has 7 heteroatoms. The average Bonchev–Trinajstić information content (AvgIpc) is 2.86. The molecule has 0 aromatic heterocycles. The Morgan fingerprint density at radius 2 is 2.25 bits per heavy atom. The monoisotopic (exact) mass is 280 g/mol. The third kappa shape index (κ3) is 2.73. The topological polar surface area (TPSA) is 111 Å². The highest BCUT2D eigenvalue weighted by molar-refractivity contribution is 5.99. The van der Waals surface area contributed by atoms with Crippen molar-refractivity contribution in [3.8, 4) is 5.75 Å². The van der Waals surface area contributed by atoms with Crippen molar-refractivity contribution in [3.63, 3.8) is 0 Å². The molecule has 1 amide bonds. The lowest BCUT2D eigenvalue weighted by Crippen LogP contribution is -2.51. The molecule has 1 aromatic carbocycles. The van der Waals surface area contributed by atoms with E-state index in [1.165, 1.54) is 25.3 Å². The van der Waals surface area contributed by atoms with Crippen LogP contribution in [0.15, 0.2) is 18.2 Å². The van der Waals surface area contributed by atoms with Crippen molar-refractivity contribution in [2.24, 2.45) is 5.73 Å². The van der Waals surface area contributed by atoms with Crippen LogP contribution in [-0.2, 0) is 9.53 Å². The Kier molecular flexibility index (Phi) is 3.91. The van der Waals surface area contributed by atoms with Crippen LogP contribution in [-0.4, -0.2) is 42.8 Å². The van der Waals surface area contributed by atoms with Gasteiger partial charge in [0.2, 0.25) is 5.91 Å². The molecule has 0 aliphatic carbocycles. The van der Waals surface area contributed by atoms with Gasteiger partial charge in [-0.1, -0.05) is 0 Å². The van der Waals surface area contributed by atoms with Crippen LogP contribution in [0, 0.1) is 0 Å². The summed E-state index contributed by atoms with van der Waals surface area (Å²) in [4.78, 5) is 23.1. The third-order valence-electron chi connectivity index (χ3n) is 3.19. The molecule has 1 atom stereocenters. The van der Waals surface area contributed by atoms with E-state index in [-0.39, 0.29) is 23.8 Å². The zero-order chi connectivity index (χ0) is 14.8. The summed E-state index contributed by atoms with van der Waals surface area (Å²) in [6.45, 7) is 0.619. The van der Waals surface area contributed by atoms with E-state index in [4.69, 9.17) is 20.3 Å². The molecule has 108 valence electrons. The zero-order valence-electron chi connectivity index (χ0n) is 11.0. The van der Waals surface area contributed by atoms with Crippen molar-refractivity contribution in [1.29, 1.82) is 0 Å². The molecule has 0 radical (unpaired) electrons. The first-order valence-electron chi connectivity index (χ1n) is 6.06. The van der Waals surface area contributed by atoms with Crippen molar-refractivity contribution in [3.05, 3.63) is 23.8 Å². The summed E-state index contributed by atoms with van der Waals surface area (Å²) < 4.78 is 10.1. The van der Waals surface area contributed by atoms with Gasteiger partial charge in [0.1, 0.15) is 16.9 Å². The van der Waals surface area contributed by atoms with Gasteiger partial charge in [0.15, 0.2) is 0 Å². The number of carboxylic acid groups (broad SMARTS) is 1. The zero-order valence-corrected chi connectivity index (χ0v) is 11.0. The van der Waals surface area contributed by atoms with Gasteiger partial charge < -0.3 is 25.6 Å². The molecule has 1 aliphatic rings. The normalized spacial score (nSPS) is 21.5. The number of anilines is 1. The number of carbonyl (C=O) groups is 2. The molecule has 1 saturated heterocycles. The number of hydrogen-bond donors (Lipinski definition) is 3. The standard InChI is InChI=1S/C13H16N2O5/c1-19-10-6-8(2-3-9(10)11(16)17)15-12(18)13(14)4-5-20-7-13/h2-3,6H,4-5,7,14H2,1H3,(H,15,18)(H,16,17). The molecule has 0 bridgehead atoms. The van der Waals surface area contributed by atoms with Gasteiger partial charge in [0.25, 0.3) is 0 Å². The number of benzene rings is 1. The van der Waals surface area contributed by atoms with Crippen molar-refractivity contribution < 1.29 is 24.2 Å². The minimum absolute atomic E-state index is 0.0251. The Morgan fingerprint density at radius 1 is 1.50 bits per heavy atom. The lowest BCUT2D eigenvalue weighted by atomic mass is 9.99. The van der Waals surface area contributed by atoms with Gasteiger partial charge in [-0.25, -0.2) is 4.79 Å². The fourth-order valence-electron chi connectivity index (χ4n) is 1.96. The first-order chi connectivity index (χ1) is 9.46. The smallest absolute Gasteiger partial charge is 0.339 e. The Hall–Kier alpha value is -2.12. The van der Waals surface area contributed by atoms with Crippen LogP contribution in [0.25, 0.3) is 0 Å². The fourth-order valence-corrected chi connectivity index (χ4v) is 1.96. The number of aromatic carboxylic acids is 1. The molecule has 1 aromatic rings. The predicted octanol–water partition coefficient (Wildman–Crippen LogP) is 0.450. The minimum atomic E-state index is -1.10. The highest BCUT2D eigenvalue weighted by atomic mass is 16.5. The van der Waals surface area contributed by atoms with E-state index in [0.717, 1.165) is 0 Å². The number of ether oxygens (including phenoxy) is 2. The summed E-state index contributed by atoms with van der Waals surface area (Å²) in [7, 11) is 1.36. The van der Waals surface area contributed by atoms with E-state index in [1.807, 2.05) is 0 Å². The highest BCUT2D eigenvalue weighted by Gasteiger charge is 2.38. The molecule has 1 heterocycles. The fraction of sp³-hybridized carbons (Fsp3) is 0.385. The molecule has 2 rings (SSSR count).